The Morgan fingerprint density at radius 2 is 1.44 bits per heavy atom. The highest BCUT2D eigenvalue weighted by Gasteiger charge is 2.25. The molecule has 1 aromatic heterocycles. The molecule has 0 aliphatic carbocycles. The lowest BCUT2D eigenvalue weighted by Gasteiger charge is -2.20. The molecule has 3 aromatic rings. The summed E-state index contributed by atoms with van der Waals surface area (Å²) in [7, 11) is 0. The second-order valence-corrected chi connectivity index (χ2v) is 6.89. The third-order valence-corrected chi connectivity index (χ3v) is 4.17. The third kappa shape index (κ3) is 2.65. The molecular weight excluding hydrogens is 324 g/mol. The molecule has 0 aliphatic heterocycles. The number of aryl methyl sites for hydroxylation is 1. The Morgan fingerprint density at radius 3 is 2.00 bits per heavy atom. The summed E-state index contributed by atoms with van der Waals surface area (Å²) in [4.78, 5) is 30.5. The van der Waals surface area contributed by atoms with E-state index in [4.69, 9.17) is 0 Å². The molecule has 0 atom stereocenters. The topological polar surface area (TPSA) is 112 Å². The molecule has 0 bridgehead atoms. The molecule has 8 heteroatoms. The van der Waals surface area contributed by atoms with Gasteiger partial charge in [-0.3, -0.25) is 20.2 Å². The lowest BCUT2D eigenvalue weighted by Crippen LogP contribution is -2.13. The van der Waals surface area contributed by atoms with Gasteiger partial charge in [0.25, 0.3) is 11.4 Å². The van der Waals surface area contributed by atoms with Crippen LogP contribution in [0.4, 0.5) is 11.4 Å². The van der Waals surface area contributed by atoms with Crippen molar-refractivity contribution in [3.63, 3.8) is 0 Å². The van der Waals surface area contributed by atoms with E-state index in [0.29, 0.717) is 22.1 Å². The van der Waals surface area contributed by atoms with Crippen LogP contribution in [0.3, 0.4) is 0 Å². The van der Waals surface area contributed by atoms with E-state index in [1.54, 1.807) is 13.0 Å². The highest BCUT2D eigenvalue weighted by Crippen LogP contribution is 2.35. The summed E-state index contributed by atoms with van der Waals surface area (Å²) in [5.74, 6) is 0. The number of rotatable bonds is 2. The van der Waals surface area contributed by atoms with Crippen molar-refractivity contribution in [2.75, 3.05) is 0 Å². The Bertz CT molecular complexity index is 1050. The Hall–Kier alpha value is -3.16. The molecule has 2 aromatic carbocycles. The van der Waals surface area contributed by atoms with E-state index in [1.807, 2.05) is 20.8 Å². The van der Waals surface area contributed by atoms with Gasteiger partial charge in [-0.1, -0.05) is 20.8 Å². The SMILES string of the molecule is Cc1c([N+](=O)[O-])ccc2nc3c([N+](=O)[O-])ccc(C(C)(C)C)c3nc12. The maximum atomic E-state index is 11.4. The summed E-state index contributed by atoms with van der Waals surface area (Å²) < 4.78 is 0. The summed E-state index contributed by atoms with van der Waals surface area (Å²) in [5.41, 5.74) is 2.06. The molecule has 25 heavy (non-hydrogen) atoms. The molecule has 3 rings (SSSR count). The first-order chi connectivity index (χ1) is 11.6. The van der Waals surface area contributed by atoms with Crippen molar-refractivity contribution < 1.29 is 9.85 Å². The van der Waals surface area contributed by atoms with Gasteiger partial charge in [0.1, 0.15) is 5.52 Å². The van der Waals surface area contributed by atoms with Gasteiger partial charge in [-0.05, 0) is 30.0 Å². The van der Waals surface area contributed by atoms with Gasteiger partial charge in [-0.15, -0.1) is 0 Å². The monoisotopic (exact) mass is 340 g/mol. The molecule has 0 radical (unpaired) electrons. The zero-order valence-electron chi connectivity index (χ0n) is 14.2. The first-order valence-corrected chi connectivity index (χ1v) is 7.64. The lowest BCUT2D eigenvalue weighted by molar-refractivity contribution is -0.385. The van der Waals surface area contributed by atoms with Crippen molar-refractivity contribution in [3.05, 3.63) is 55.6 Å². The van der Waals surface area contributed by atoms with Crippen molar-refractivity contribution in [2.45, 2.75) is 33.1 Å². The normalized spacial score (nSPS) is 11.8. The molecule has 0 N–H and O–H groups in total. The summed E-state index contributed by atoms with van der Waals surface area (Å²) in [6, 6.07) is 5.92. The number of hydrogen-bond acceptors (Lipinski definition) is 6. The van der Waals surface area contributed by atoms with Crippen LogP contribution in [-0.2, 0) is 5.41 Å². The highest BCUT2D eigenvalue weighted by atomic mass is 16.6. The zero-order chi connectivity index (χ0) is 18.5. The maximum Gasteiger partial charge on any atom is 0.297 e. The van der Waals surface area contributed by atoms with Gasteiger partial charge in [0.2, 0.25) is 0 Å². The standard InChI is InChI=1S/C17H16N4O4/c1-9-12(20(22)23)8-6-11-14(9)19-15-10(17(2,3)4)5-7-13(21(24)25)16(15)18-11/h5-8H,1-4H3. The highest BCUT2D eigenvalue weighted by molar-refractivity contribution is 5.95. The summed E-state index contributed by atoms with van der Waals surface area (Å²) in [5, 5.41) is 22.5. The van der Waals surface area contributed by atoms with E-state index < -0.39 is 9.85 Å². The predicted octanol–water partition coefficient (Wildman–Crippen LogP) is 4.21. The fraction of sp³-hybridized carbons (Fsp3) is 0.294. The lowest BCUT2D eigenvalue weighted by atomic mass is 9.85. The quantitative estimate of drug-likeness (QED) is 0.392. The Balaban J connectivity index is 2.52. The molecule has 0 unspecified atom stereocenters. The second-order valence-electron chi connectivity index (χ2n) is 6.89. The minimum atomic E-state index is -0.493. The van der Waals surface area contributed by atoms with E-state index >= 15 is 0 Å². The van der Waals surface area contributed by atoms with Crippen LogP contribution in [0.2, 0.25) is 0 Å². The van der Waals surface area contributed by atoms with Gasteiger partial charge in [0, 0.05) is 12.1 Å². The van der Waals surface area contributed by atoms with Crippen LogP contribution in [0.1, 0.15) is 31.9 Å². The smallest absolute Gasteiger partial charge is 0.258 e. The number of nitrogens with zero attached hydrogens (tertiary/aromatic N) is 4. The van der Waals surface area contributed by atoms with Crippen LogP contribution in [0.5, 0.6) is 0 Å². The molecule has 8 nitrogen and oxygen atoms in total. The Kier molecular flexibility index (Phi) is 3.63. The number of fused-ring (bicyclic) bond motifs is 2. The van der Waals surface area contributed by atoms with Gasteiger partial charge in [-0.25, -0.2) is 9.97 Å². The van der Waals surface area contributed by atoms with Crippen molar-refractivity contribution >= 4 is 33.4 Å². The van der Waals surface area contributed by atoms with Crippen molar-refractivity contribution in [1.29, 1.82) is 0 Å². The van der Waals surface area contributed by atoms with Gasteiger partial charge >= 0.3 is 0 Å². The van der Waals surface area contributed by atoms with Gasteiger partial charge in [0.05, 0.1) is 26.4 Å². The molecule has 1 heterocycles. The Labute approximate surface area is 142 Å². The van der Waals surface area contributed by atoms with Gasteiger partial charge in [0.15, 0.2) is 5.52 Å². The molecular formula is C17H16N4O4. The maximum absolute atomic E-state index is 11.4. The molecule has 0 amide bonds. The number of nitro benzene ring substituents is 2. The molecule has 0 fully saturated rings. The van der Waals surface area contributed by atoms with Crippen molar-refractivity contribution in [2.24, 2.45) is 0 Å². The van der Waals surface area contributed by atoms with E-state index in [9.17, 15) is 20.2 Å². The number of nitro groups is 2. The number of hydrogen-bond donors (Lipinski definition) is 0. The van der Waals surface area contributed by atoms with Crippen LogP contribution in [0, 0.1) is 27.2 Å². The first kappa shape index (κ1) is 16.7. The zero-order valence-corrected chi connectivity index (χ0v) is 14.2. The fourth-order valence-corrected chi connectivity index (χ4v) is 2.88. The number of non-ortho nitro benzene ring substituents is 1. The van der Waals surface area contributed by atoms with Crippen molar-refractivity contribution in [3.8, 4) is 0 Å². The molecule has 0 spiro atoms. The van der Waals surface area contributed by atoms with Gasteiger partial charge < -0.3 is 0 Å². The second kappa shape index (κ2) is 5.44. The van der Waals surface area contributed by atoms with E-state index in [1.165, 1.54) is 18.2 Å². The average molecular weight is 340 g/mol. The minimum Gasteiger partial charge on any atom is -0.258 e. The molecule has 0 aliphatic rings. The van der Waals surface area contributed by atoms with Crippen LogP contribution >= 0.6 is 0 Å². The van der Waals surface area contributed by atoms with Gasteiger partial charge in [-0.2, -0.15) is 0 Å². The minimum absolute atomic E-state index is 0.0520. The van der Waals surface area contributed by atoms with E-state index in [2.05, 4.69) is 9.97 Å². The predicted molar refractivity (Wildman–Crippen MR) is 93.8 cm³/mol. The van der Waals surface area contributed by atoms with E-state index in [0.717, 1.165) is 5.56 Å². The molecule has 128 valence electrons. The molecule has 0 saturated heterocycles. The largest absolute Gasteiger partial charge is 0.297 e. The fourth-order valence-electron chi connectivity index (χ4n) is 2.88. The summed E-state index contributed by atoms with van der Waals surface area (Å²) in [6.45, 7) is 7.52. The van der Waals surface area contributed by atoms with Crippen LogP contribution < -0.4 is 0 Å². The summed E-state index contributed by atoms with van der Waals surface area (Å²) in [6.07, 6.45) is 0. The molecule has 0 saturated carbocycles. The van der Waals surface area contributed by atoms with Crippen molar-refractivity contribution in [1.82, 2.24) is 9.97 Å². The first-order valence-electron chi connectivity index (χ1n) is 7.64. The number of aromatic nitrogens is 2. The number of benzene rings is 2. The van der Waals surface area contributed by atoms with Crippen LogP contribution in [0.25, 0.3) is 22.1 Å². The summed E-state index contributed by atoms with van der Waals surface area (Å²) >= 11 is 0. The van der Waals surface area contributed by atoms with E-state index in [-0.39, 0.29) is 22.3 Å². The average Bonchev–Trinajstić information content (AvgIpc) is 2.51. The van der Waals surface area contributed by atoms with Crippen LogP contribution in [0.15, 0.2) is 24.3 Å². The van der Waals surface area contributed by atoms with Crippen LogP contribution in [-0.4, -0.2) is 19.8 Å². The third-order valence-electron chi connectivity index (χ3n) is 4.17. The Morgan fingerprint density at radius 1 is 0.840 bits per heavy atom.